The lowest BCUT2D eigenvalue weighted by molar-refractivity contribution is -0.141. The predicted molar refractivity (Wildman–Crippen MR) is 191 cm³/mol. The summed E-state index contributed by atoms with van der Waals surface area (Å²) in [5, 5.41) is 5.75. The molecule has 1 atom stereocenters. The predicted octanol–water partition coefficient (Wildman–Crippen LogP) is 3.24. The van der Waals surface area contributed by atoms with Crippen LogP contribution in [0, 0.1) is 6.92 Å². The minimum absolute atomic E-state index is 0.174. The first-order valence-corrected chi connectivity index (χ1v) is 17.3. The summed E-state index contributed by atoms with van der Waals surface area (Å²) in [5.41, 5.74) is 6.93. The third kappa shape index (κ3) is 18.1. The van der Waals surface area contributed by atoms with Crippen molar-refractivity contribution < 1.29 is 42.8 Å². The van der Waals surface area contributed by atoms with E-state index in [1.807, 2.05) is 31.0 Å². The number of halogens is 2. The Morgan fingerprint density at radius 2 is 1.48 bits per heavy atom. The Bertz CT molecular complexity index is 1280. The van der Waals surface area contributed by atoms with Crippen molar-refractivity contribution in [3.63, 3.8) is 0 Å². The molecule has 280 valence electrons. The number of ether oxygens (including phenoxy) is 6. The highest BCUT2D eigenvalue weighted by Gasteiger charge is 2.22. The molecule has 14 nitrogen and oxygen atoms in total. The SMILES string of the molecule is COC(=O)CC(NC(=O)CNC(=O)CCCCN(C)c1cc(C)ccn1)c1cc(Cl)c(OCCOCCOCCOCCOCCN)c(Cl)c1. The van der Waals surface area contributed by atoms with Crippen LogP contribution in [0.15, 0.2) is 30.5 Å². The first-order valence-electron chi connectivity index (χ1n) is 16.5. The van der Waals surface area contributed by atoms with Gasteiger partial charge in [-0.1, -0.05) is 23.2 Å². The first kappa shape index (κ1) is 42.9. The van der Waals surface area contributed by atoms with Crippen molar-refractivity contribution in [2.24, 2.45) is 5.73 Å². The second-order valence-corrected chi connectivity index (χ2v) is 12.0. The van der Waals surface area contributed by atoms with Gasteiger partial charge < -0.3 is 49.7 Å². The Labute approximate surface area is 304 Å². The Morgan fingerprint density at radius 1 is 0.880 bits per heavy atom. The summed E-state index contributed by atoms with van der Waals surface area (Å²) in [6.07, 6.45) is 3.27. The number of benzene rings is 1. The molecule has 2 aromatic rings. The average molecular weight is 745 g/mol. The van der Waals surface area contributed by atoms with Gasteiger partial charge in [-0.15, -0.1) is 0 Å². The number of nitrogens with one attached hydrogen (secondary N) is 2. The van der Waals surface area contributed by atoms with E-state index in [1.165, 1.54) is 7.11 Å². The van der Waals surface area contributed by atoms with Crippen LogP contribution in [-0.2, 0) is 38.1 Å². The van der Waals surface area contributed by atoms with Gasteiger partial charge in [0, 0.05) is 32.8 Å². The summed E-state index contributed by atoms with van der Waals surface area (Å²) in [6.45, 7) is 6.55. The standard InChI is InChI=1S/C34H51Cl2N5O9/c1-25-7-9-38-30(20-25)41(2)10-5-4-6-31(42)39-24-32(43)40-29(23-33(44)45-3)26-21-27(35)34(28(36)22-26)50-19-18-49-17-16-48-15-14-47-13-12-46-11-8-37/h7,9,20-22,29H,4-6,8,10-19,23-24,37H2,1-3H3,(H,39,42)(H,40,43). The van der Waals surface area contributed by atoms with E-state index in [4.69, 9.17) is 57.4 Å². The smallest absolute Gasteiger partial charge is 0.307 e. The zero-order chi connectivity index (χ0) is 36.6. The molecule has 2 amide bonds. The van der Waals surface area contributed by atoms with Crippen LogP contribution in [-0.4, -0.2) is 116 Å². The Morgan fingerprint density at radius 3 is 2.06 bits per heavy atom. The van der Waals surface area contributed by atoms with Gasteiger partial charge in [0.05, 0.1) is 89.0 Å². The van der Waals surface area contributed by atoms with Crippen LogP contribution in [0.2, 0.25) is 10.0 Å². The molecule has 1 aromatic heterocycles. The molecule has 1 unspecified atom stereocenters. The number of esters is 1. The number of hydrogen-bond donors (Lipinski definition) is 3. The average Bonchev–Trinajstić information content (AvgIpc) is 3.09. The van der Waals surface area contributed by atoms with Gasteiger partial charge in [-0.05, 0) is 55.2 Å². The molecule has 0 bridgehead atoms. The topological polar surface area (TPSA) is 173 Å². The number of carbonyl (C=O) groups excluding carboxylic acids is 3. The lowest BCUT2D eigenvalue weighted by Crippen LogP contribution is -2.39. The van der Waals surface area contributed by atoms with E-state index in [2.05, 4.69) is 15.6 Å². The Hall–Kier alpha value is -3.24. The van der Waals surface area contributed by atoms with Crippen LogP contribution in [0.3, 0.4) is 0 Å². The van der Waals surface area contributed by atoms with E-state index in [0.717, 1.165) is 24.3 Å². The summed E-state index contributed by atoms with van der Waals surface area (Å²) < 4.78 is 32.1. The van der Waals surface area contributed by atoms with Crippen molar-refractivity contribution in [2.75, 3.05) is 98.2 Å². The molecule has 0 radical (unpaired) electrons. The van der Waals surface area contributed by atoms with Crippen LogP contribution in [0.4, 0.5) is 5.82 Å². The van der Waals surface area contributed by atoms with Crippen LogP contribution >= 0.6 is 23.2 Å². The molecule has 1 aromatic carbocycles. The zero-order valence-corrected chi connectivity index (χ0v) is 30.7. The zero-order valence-electron chi connectivity index (χ0n) is 29.2. The molecule has 2 rings (SSSR count). The van der Waals surface area contributed by atoms with Gasteiger partial charge >= 0.3 is 5.97 Å². The molecule has 0 saturated heterocycles. The van der Waals surface area contributed by atoms with Crippen LogP contribution < -0.4 is 26.0 Å². The molecule has 16 heteroatoms. The monoisotopic (exact) mass is 743 g/mol. The molecule has 1 heterocycles. The summed E-state index contributed by atoms with van der Waals surface area (Å²) in [6, 6.07) is 6.23. The third-order valence-electron chi connectivity index (χ3n) is 7.09. The number of nitrogens with zero attached hydrogens (tertiary/aromatic N) is 2. The first-order chi connectivity index (χ1) is 24.1. The number of aryl methyl sites for hydroxylation is 1. The summed E-state index contributed by atoms with van der Waals surface area (Å²) >= 11 is 13.0. The number of aromatic nitrogens is 1. The van der Waals surface area contributed by atoms with Gasteiger partial charge in [0.15, 0.2) is 5.75 Å². The van der Waals surface area contributed by atoms with Crippen molar-refractivity contribution in [3.8, 4) is 5.75 Å². The molecule has 0 saturated carbocycles. The maximum atomic E-state index is 12.8. The second kappa shape index (κ2) is 25.7. The highest BCUT2D eigenvalue weighted by molar-refractivity contribution is 6.37. The number of amides is 2. The second-order valence-electron chi connectivity index (χ2n) is 11.1. The van der Waals surface area contributed by atoms with E-state index in [0.29, 0.717) is 64.8 Å². The van der Waals surface area contributed by atoms with Gasteiger partial charge in [-0.2, -0.15) is 0 Å². The Balaban J connectivity index is 1.73. The van der Waals surface area contributed by atoms with Crippen molar-refractivity contribution in [2.45, 2.75) is 38.6 Å². The van der Waals surface area contributed by atoms with E-state index in [1.54, 1.807) is 18.3 Å². The van der Waals surface area contributed by atoms with Crippen molar-refractivity contribution in [3.05, 3.63) is 51.6 Å². The van der Waals surface area contributed by atoms with Crippen LogP contribution in [0.1, 0.15) is 42.9 Å². The van der Waals surface area contributed by atoms with Crippen LogP contribution in [0.25, 0.3) is 0 Å². The van der Waals surface area contributed by atoms with Gasteiger partial charge in [0.1, 0.15) is 12.4 Å². The number of anilines is 1. The highest BCUT2D eigenvalue weighted by atomic mass is 35.5. The number of carbonyl (C=O) groups is 3. The van der Waals surface area contributed by atoms with Gasteiger partial charge in [-0.25, -0.2) is 4.98 Å². The molecule has 0 aliphatic carbocycles. The minimum atomic E-state index is -0.820. The molecule has 4 N–H and O–H groups in total. The maximum Gasteiger partial charge on any atom is 0.307 e. The fourth-order valence-corrected chi connectivity index (χ4v) is 5.07. The van der Waals surface area contributed by atoms with Crippen molar-refractivity contribution in [1.82, 2.24) is 15.6 Å². The minimum Gasteiger partial charge on any atom is -0.488 e. The van der Waals surface area contributed by atoms with E-state index in [9.17, 15) is 14.4 Å². The molecular formula is C34H51Cl2N5O9. The summed E-state index contributed by atoms with van der Waals surface area (Å²) in [5.74, 6) is -0.191. The molecule has 0 aliphatic rings. The fourth-order valence-electron chi connectivity index (χ4n) is 4.46. The van der Waals surface area contributed by atoms with Crippen molar-refractivity contribution >= 4 is 46.8 Å². The normalized spacial score (nSPS) is 11.6. The molecular weight excluding hydrogens is 693 g/mol. The Kier molecular flexibility index (Phi) is 22.0. The number of nitrogens with two attached hydrogens (primary N) is 1. The highest BCUT2D eigenvalue weighted by Crippen LogP contribution is 2.36. The van der Waals surface area contributed by atoms with Gasteiger partial charge in [-0.3, -0.25) is 14.4 Å². The number of unbranched alkanes of at least 4 members (excludes halogenated alkanes) is 1. The van der Waals surface area contributed by atoms with Crippen molar-refractivity contribution in [1.29, 1.82) is 0 Å². The molecule has 0 aliphatic heterocycles. The summed E-state index contributed by atoms with van der Waals surface area (Å²) in [7, 11) is 3.20. The molecule has 0 fully saturated rings. The molecule has 0 spiro atoms. The van der Waals surface area contributed by atoms with E-state index >= 15 is 0 Å². The third-order valence-corrected chi connectivity index (χ3v) is 7.66. The van der Waals surface area contributed by atoms with Gasteiger partial charge in [0.2, 0.25) is 11.8 Å². The van der Waals surface area contributed by atoms with Crippen LogP contribution in [0.5, 0.6) is 5.75 Å². The number of pyridine rings is 1. The lowest BCUT2D eigenvalue weighted by Gasteiger charge is -2.20. The maximum absolute atomic E-state index is 12.8. The summed E-state index contributed by atoms with van der Waals surface area (Å²) in [4.78, 5) is 43.7. The number of methoxy groups -OCH3 is 1. The number of hydrogen-bond acceptors (Lipinski definition) is 12. The number of rotatable bonds is 27. The molecule has 50 heavy (non-hydrogen) atoms. The van der Waals surface area contributed by atoms with Gasteiger partial charge in [0.25, 0.3) is 0 Å². The van der Waals surface area contributed by atoms with E-state index in [-0.39, 0.29) is 54.3 Å². The quantitative estimate of drug-likeness (QED) is 0.0903. The largest absolute Gasteiger partial charge is 0.488 e. The fraction of sp³-hybridized carbons (Fsp3) is 0.588. The lowest BCUT2D eigenvalue weighted by atomic mass is 10.0. The van der Waals surface area contributed by atoms with E-state index < -0.39 is 17.9 Å².